The van der Waals surface area contributed by atoms with E-state index in [-0.39, 0.29) is 11.6 Å². The summed E-state index contributed by atoms with van der Waals surface area (Å²) in [7, 11) is 0. The van der Waals surface area contributed by atoms with Gasteiger partial charge in [0.15, 0.2) is 0 Å². The molecule has 2 unspecified atom stereocenters. The summed E-state index contributed by atoms with van der Waals surface area (Å²) in [6.45, 7) is 4.76. The van der Waals surface area contributed by atoms with Crippen molar-refractivity contribution in [3.05, 3.63) is 35.4 Å². The second-order valence-corrected chi connectivity index (χ2v) is 5.79. The molecule has 4 heteroatoms. The molecule has 2 atom stereocenters. The Hall–Kier alpha value is -1.00. The Morgan fingerprint density at radius 2 is 2.00 bits per heavy atom. The molecule has 0 saturated carbocycles. The van der Waals surface area contributed by atoms with Gasteiger partial charge in [-0.1, -0.05) is 25.1 Å². The van der Waals surface area contributed by atoms with Crippen molar-refractivity contribution in [2.45, 2.75) is 38.7 Å². The van der Waals surface area contributed by atoms with E-state index in [1.807, 2.05) is 6.07 Å². The van der Waals surface area contributed by atoms with E-state index in [4.69, 9.17) is 5.73 Å². The summed E-state index contributed by atoms with van der Waals surface area (Å²) < 4.78 is 25.7. The molecule has 0 amide bonds. The van der Waals surface area contributed by atoms with Crippen molar-refractivity contribution in [3.8, 4) is 0 Å². The van der Waals surface area contributed by atoms with Gasteiger partial charge in [-0.3, -0.25) is 4.90 Å². The molecule has 0 aliphatic carbocycles. The first-order valence-electron chi connectivity index (χ1n) is 7.44. The normalized spacial score (nSPS) is 22.8. The monoisotopic (exact) mass is 282 g/mol. The molecule has 1 heterocycles. The van der Waals surface area contributed by atoms with Gasteiger partial charge in [-0.25, -0.2) is 8.78 Å². The number of benzene rings is 1. The number of nitrogens with two attached hydrogens (primary N) is 1. The first-order chi connectivity index (χ1) is 9.61. The van der Waals surface area contributed by atoms with Gasteiger partial charge in [-0.2, -0.15) is 0 Å². The summed E-state index contributed by atoms with van der Waals surface area (Å²) in [5.74, 6) is 0.742. The molecule has 0 bridgehead atoms. The van der Waals surface area contributed by atoms with Crippen LogP contribution in [0.4, 0.5) is 8.78 Å². The fraction of sp³-hybridized carbons (Fsp3) is 0.625. The number of hydrogen-bond acceptors (Lipinski definition) is 2. The van der Waals surface area contributed by atoms with Crippen LogP contribution in [0.25, 0.3) is 0 Å². The minimum absolute atomic E-state index is 0.0546. The minimum Gasteiger partial charge on any atom is -0.329 e. The highest BCUT2D eigenvalue weighted by molar-refractivity contribution is 5.27. The first kappa shape index (κ1) is 15.4. The fourth-order valence-corrected chi connectivity index (χ4v) is 2.99. The van der Waals surface area contributed by atoms with Crippen molar-refractivity contribution in [1.82, 2.24) is 4.90 Å². The maximum Gasteiger partial charge on any atom is 0.263 e. The summed E-state index contributed by atoms with van der Waals surface area (Å²) in [6, 6.07) is 6.76. The largest absolute Gasteiger partial charge is 0.329 e. The Morgan fingerprint density at radius 3 is 2.70 bits per heavy atom. The van der Waals surface area contributed by atoms with Gasteiger partial charge in [0.2, 0.25) is 0 Å². The van der Waals surface area contributed by atoms with Gasteiger partial charge >= 0.3 is 0 Å². The van der Waals surface area contributed by atoms with E-state index in [1.54, 1.807) is 12.1 Å². The predicted octanol–water partition coefficient (Wildman–Crippen LogP) is 3.75. The van der Waals surface area contributed by atoms with Crippen LogP contribution in [0.1, 0.15) is 49.8 Å². The number of rotatable bonds is 4. The molecule has 0 radical (unpaired) electrons. The van der Waals surface area contributed by atoms with Crippen LogP contribution < -0.4 is 5.73 Å². The Bertz CT molecular complexity index is 423. The zero-order chi connectivity index (χ0) is 14.5. The quantitative estimate of drug-likeness (QED) is 0.911. The maximum atomic E-state index is 12.8. The van der Waals surface area contributed by atoms with Gasteiger partial charge in [0.25, 0.3) is 6.43 Å². The third-order valence-corrected chi connectivity index (χ3v) is 4.26. The lowest BCUT2D eigenvalue weighted by atomic mass is 10.0. The molecule has 20 heavy (non-hydrogen) atoms. The first-order valence-corrected chi connectivity index (χ1v) is 7.44. The molecule has 2 nitrogen and oxygen atoms in total. The Kier molecular flexibility index (Phi) is 5.49. The molecule has 2 N–H and O–H groups in total. The molecular weight excluding hydrogens is 258 g/mol. The highest BCUT2D eigenvalue weighted by Crippen LogP contribution is 2.28. The van der Waals surface area contributed by atoms with Crippen LogP contribution in [-0.4, -0.2) is 24.5 Å². The average Bonchev–Trinajstić information content (AvgIpc) is 2.65. The second kappa shape index (κ2) is 7.14. The molecule has 1 aliphatic rings. The topological polar surface area (TPSA) is 29.3 Å². The number of halogens is 2. The van der Waals surface area contributed by atoms with Gasteiger partial charge in [0.1, 0.15) is 0 Å². The van der Waals surface area contributed by atoms with Crippen LogP contribution >= 0.6 is 0 Å². The molecule has 1 aromatic rings. The van der Waals surface area contributed by atoms with Crippen molar-refractivity contribution >= 4 is 0 Å². The SMILES string of the molecule is CC1CCCN(C(CN)c2cccc(C(F)F)c2)CC1. The molecule has 1 saturated heterocycles. The van der Waals surface area contributed by atoms with E-state index < -0.39 is 6.43 Å². The number of hydrogen-bond donors (Lipinski definition) is 1. The minimum atomic E-state index is -2.42. The number of likely N-dealkylation sites (tertiary alicyclic amines) is 1. The Morgan fingerprint density at radius 1 is 1.25 bits per heavy atom. The molecule has 2 rings (SSSR count). The Labute approximate surface area is 120 Å². The van der Waals surface area contributed by atoms with Crippen LogP contribution in [-0.2, 0) is 0 Å². The van der Waals surface area contributed by atoms with Crippen molar-refractivity contribution < 1.29 is 8.78 Å². The van der Waals surface area contributed by atoms with E-state index in [1.165, 1.54) is 12.5 Å². The standard InChI is InChI=1S/C16H24F2N2/c1-12-4-3-8-20(9-7-12)15(11-19)13-5-2-6-14(10-13)16(17)18/h2,5-6,10,12,15-16H,3-4,7-9,11,19H2,1H3. The highest BCUT2D eigenvalue weighted by atomic mass is 19.3. The third kappa shape index (κ3) is 3.76. The van der Waals surface area contributed by atoms with Gasteiger partial charge in [0, 0.05) is 18.2 Å². The van der Waals surface area contributed by atoms with Crippen LogP contribution in [0.2, 0.25) is 0 Å². The lowest BCUT2D eigenvalue weighted by molar-refractivity contribution is 0.150. The lowest BCUT2D eigenvalue weighted by Gasteiger charge is -2.30. The van der Waals surface area contributed by atoms with E-state index in [0.29, 0.717) is 6.54 Å². The van der Waals surface area contributed by atoms with E-state index in [9.17, 15) is 8.78 Å². The van der Waals surface area contributed by atoms with Gasteiger partial charge < -0.3 is 5.73 Å². The smallest absolute Gasteiger partial charge is 0.263 e. The van der Waals surface area contributed by atoms with Crippen LogP contribution in [0.5, 0.6) is 0 Å². The van der Waals surface area contributed by atoms with Crippen LogP contribution in [0, 0.1) is 5.92 Å². The maximum absolute atomic E-state index is 12.8. The van der Waals surface area contributed by atoms with Gasteiger partial charge in [0.05, 0.1) is 0 Å². The third-order valence-electron chi connectivity index (χ3n) is 4.26. The van der Waals surface area contributed by atoms with Crippen molar-refractivity contribution in [2.24, 2.45) is 11.7 Å². The van der Waals surface area contributed by atoms with Gasteiger partial charge in [-0.05, 0) is 49.9 Å². The average molecular weight is 282 g/mol. The summed E-state index contributed by atoms with van der Waals surface area (Å²) in [4.78, 5) is 2.36. The molecule has 0 spiro atoms. The molecular formula is C16H24F2N2. The lowest BCUT2D eigenvalue weighted by Crippen LogP contribution is -2.34. The Balaban J connectivity index is 2.16. The molecule has 1 aromatic carbocycles. The summed E-state index contributed by atoms with van der Waals surface area (Å²) >= 11 is 0. The van der Waals surface area contributed by atoms with Crippen molar-refractivity contribution in [1.29, 1.82) is 0 Å². The van der Waals surface area contributed by atoms with E-state index in [2.05, 4.69) is 11.8 Å². The van der Waals surface area contributed by atoms with Crippen LogP contribution in [0.3, 0.4) is 0 Å². The number of nitrogens with zero attached hydrogens (tertiary/aromatic N) is 1. The van der Waals surface area contributed by atoms with E-state index in [0.717, 1.165) is 37.4 Å². The zero-order valence-corrected chi connectivity index (χ0v) is 12.1. The van der Waals surface area contributed by atoms with E-state index >= 15 is 0 Å². The zero-order valence-electron chi connectivity index (χ0n) is 12.1. The molecule has 0 aromatic heterocycles. The second-order valence-electron chi connectivity index (χ2n) is 5.79. The van der Waals surface area contributed by atoms with Gasteiger partial charge in [-0.15, -0.1) is 0 Å². The number of alkyl halides is 2. The van der Waals surface area contributed by atoms with Crippen LogP contribution in [0.15, 0.2) is 24.3 Å². The van der Waals surface area contributed by atoms with Crippen molar-refractivity contribution in [3.63, 3.8) is 0 Å². The highest BCUT2D eigenvalue weighted by Gasteiger charge is 2.22. The molecule has 112 valence electrons. The summed E-state index contributed by atoms with van der Waals surface area (Å²) in [5, 5.41) is 0. The fourth-order valence-electron chi connectivity index (χ4n) is 2.99. The predicted molar refractivity (Wildman–Crippen MR) is 77.8 cm³/mol. The summed E-state index contributed by atoms with van der Waals surface area (Å²) in [5.41, 5.74) is 6.92. The molecule has 1 fully saturated rings. The molecule has 1 aliphatic heterocycles. The van der Waals surface area contributed by atoms with Crippen molar-refractivity contribution in [2.75, 3.05) is 19.6 Å². The summed E-state index contributed by atoms with van der Waals surface area (Å²) in [6.07, 6.45) is 1.14.